The van der Waals surface area contributed by atoms with Crippen LogP contribution in [0.1, 0.15) is 36.8 Å². The zero-order chi connectivity index (χ0) is 24.1. The summed E-state index contributed by atoms with van der Waals surface area (Å²) in [5.41, 5.74) is 4.53. The lowest BCUT2D eigenvalue weighted by molar-refractivity contribution is -0.136. The summed E-state index contributed by atoms with van der Waals surface area (Å²) in [5.74, 6) is -1.78. The summed E-state index contributed by atoms with van der Waals surface area (Å²) in [6, 6.07) is 11.2. The number of aryl methyl sites for hydroxylation is 1. The van der Waals surface area contributed by atoms with Gasteiger partial charge in [-0.25, -0.2) is 8.78 Å². The molecule has 176 valence electrons. The van der Waals surface area contributed by atoms with E-state index < -0.39 is 11.8 Å². The number of allylic oxidation sites excluding steroid dienone is 2. The van der Waals surface area contributed by atoms with Crippen LogP contribution in [-0.2, 0) is 22.4 Å². The molecular formula is C28H27F2NO3. The minimum Gasteiger partial charge on any atom is -0.481 e. The maximum Gasteiger partial charge on any atom is 0.307 e. The van der Waals surface area contributed by atoms with Gasteiger partial charge in [-0.3, -0.25) is 4.79 Å². The highest BCUT2D eigenvalue weighted by molar-refractivity contribution is 5.71. The van der Waals surface area contributed by atoms with Gasteiger partial charge in [0.15, 0.2) is 0 Å². The van der Waals surface area contributed by atoms with Crippen LogP contribution < -0.4 is 4.90 Å². The van der Waals surface area contributed by atoms with E-state index in [4.69, 9.17) is 4.74 Å². The minimum absolute atomic E-state index is 0.258. The number of carboxylic acid groups (broad SMARTS) is 1. The first-order valence-electron chi connectivity index (χ1n) is 11.5. The molecule has 6 heteroatoms. The highest BCUT2D eigenvalue weighted by Crippen LogP contribution is 2.68. The number of carboxylic acids is 1. The number of likely N-dealkylation sites (N-methyl/N-ethyl adjacent to an activating group) is 1. The minimum atomic E-state index is -1.04. The molecule has 0 amide bonds. The van der Waals surface area contributed by atoms with Crippen molar-refractivity contribution in [2.24, 2.45) is 0 Å². The van der Waals surface area contributed by atoms with E-state index in [0.717, 1.165) is 35.4 Å². The summed E-state index contributed by atoms with van der Waals surface area (Å²) < 4.78 is 34.2. The fourth-order valence-corrected chi connectivity index (χ4v) is 5.77. The van der Waals surface area contributed by atoms with Crippen LogP contribution in [0.4, 0.5) is 14.5 Å². The summed E-state index contributed by atoms with van der Waals surface area (Å²) in [5, 5.41) is 9.19. The largest absolute Gasteiger partial charge is 0.481 e. The first-order valence-corrected chi connectivity index (χ1v) is 11.5. The number of anilines is 1. The molecule has 1 saturated carbocycles. The van der Waals surface area contributed by atoms with Crippen molar-refractivity contribution in [3.63, 3.8) is 0 Å². The van der Waals surface area contributed by atoms with Crippen LogP contribution in [0.15, 0.2) is 78.0 Å². The van der Waals surface area contributed by atoms with E-state index in [9.17, 15) is 18.7 Å². The van der Waals surface area contributed by atoms with Crippen molar-refractivity contribution in [1.82, 2.24) is 0 Å². The van der Waals surface area contributed by atoms with Crippen molar-refractivity contribution in [2.75, 3.05) is 11.9 Å². The molecule has 0 aromatic heterocycles. The first-order chi connectivity index (χ1) is 16.3. The number of ether oxygens (including phenoxy) is 1. The lowest BCUT2D eigenvalue weighted by atomic mass is 9.80. The third-order valence-corrected chi connectivity index (χ3v) is 7.62. The van der Waals surface area contributed by atoms with Crippen molar-refractivity contribution < 1.29 is 23.4 Å². The summed E-state index contributed by atoms with van der Waals surface area (Å²) in [6.07, 6.45) is 7.47. The van der Waals surface area contributed by atoms with Gasteiger partial charge in [0.2, 0.25) is 0 Å². The van der Waals surface area contributed by atoms with Crippen molar-refractivity contribution in [1.29, 1.82) is 0 Å². The van der Waals surface area contributed by atoms with E-state index >= 15 is 0 Å². The van der Waals surface area contributed by atoms with E-state index in [-0.39, 0.29) is 29.0 Å². The van der Waals surface area contributed by atoms with Crippen LogP contribution in [0.5, 0.6) is 0 Å². The molecule has 2 aromatic carbocycles. The van der Waals surface area contributed by atoms with Crippen LogP contribution in [0.3, 0.4) is 0 Å². The molecule has 2 unspecified atom stereocenters. The summed E-state index contributed by atoms with van der Waals surface area (Å²) in [4.78, 5) is 13.3. The van der Waals surface area contributed by atoms with Gasteiger partial charge in [0.25, 0.3) is 0 Å². The third kappa shape index (κ3) is 3.57. The Bertz CT molecular complexity index is 1230. The Labute approximate surface area is 197 Å². The molecule has 1 heterocycles. The normalized spacial score (nSPS) is 24.9. The molecule has 3 aliphatic rings. The van der Waals surface area contributed by atoms with Crippen molar-refractivity contribution >= 4 is 11.7 Å². The number of aliphatic carboxylic acids is 1. The van der Waals surface area contributed by atoms with E-state index in [1.165, 1.54) is 23.8 Å². The zero-order valence-corrected chi connectivity index (χ0v) is 19.1. The summed E-state index contributed by atoms with van der Waals surface area (Å²) in [7, 11) is 1.96. The maximum atomic E-state index is 14.3. The van der Waals surface area contributed by atoms with Crippen molar-refractivity contribution in [3.8, 4) is 0 Å². The van der Waals surface area contributed by atoms with Gasteiger partial charge in [0.1, 0.15) is 22.8 Å². The van der Waals surface area contributed by atoms with Crippen LogP contribution in [-0.4, -0.2) is 29.3 Å². The molecule has 0 radical (unpaired) electrons. The molecule has 1 N–H and O–H groups in total. The van der Waals surface area contributed by atoms with Gasteiger partial charge in [-0.2, -0.15) is 0 Å². The number of benzene rings is 2. The SMILES string of the molecule is C=CC1=C(N(C)c2ccc(F)cc2)C=C2CCC3(CCc4cccc(F)c4CC(=O)O)OC23C1. The Morgan fingerprint density at radius 2 is 2.00 bits per heavy atom. The van der Waals surface area contributed by atoms with Crippen LogP contribution >= 0.6 is 0 Å². The average molecular weight is 464 g/mol. The second kappa shape index (κ2) is 8.20. The summed E-state index contributed by atoms with van der Waals surface area (Å²) in [6.45, 7) is 4.03. The van der Waals surface area contributed by atoms with Crippen molar-refractivity contribution in [3.05, 3.63) is 101 Å². The molecule has 1 spiro atoms. The Kier molecular flexibility index (Phi) is 5.44. The Morgan fingerprint density at radius 3 is 2.71 bits per heavy atom. The first kappa shape index (κ1) is 22.5. The quantitative estimate of drug-likeness (QED) is 0.508. The number of hydrogen-bond acceptors (Lipinski definition) is 3. The van der Waals surface area contributed by atoms with Crippen LogP contribution in [0.2, 0.25) is 0 Å². The molecule has 0 bridgehead atoms. The Balaban J connectivity index is 1.37. The van der Waals surface area contributed by atoms with E-state index in [1.54, 1.807) is 18.2 Å². The number of rotatable bonds is 8. The Hall–Kier alpha value is -3.25. The van der Waals surface area contributed by atoms with Gasteiger partial charge < -0.3 is 14.7 Å². The van der Waals surface area contributed by atoms with Crippen LogP contribution in [0, 0.1) is 11.6 Å². The number of hydrogen-bond donors (Lipinski definition) is 1. The molecule has 2 aliphatic carbocycles. The third-order valence-electron chi connectivity index (χ3n) is 7.62. The number of halogens is 2. The standard InChI is InChI=1S/C28H27F2NO3/c1-3-18-17-28-20(15-25(18)31(2)22-9-7-21(29)8-10-22)12-14-27(28,34-28)13-11-19-5-4-6-24(30)23(19)16-26(32)33/h3-10,15H,1,11-14,16-17H2,2H3,(H,32,33). The monoisotopic (exact) mass is 463 g/mol. The summed E-state index contributed by atoms with van der Waals surface area (Å²) >= 11 is 0. The van der Waals surface area contributed by atoms with E-state index in [0.29, 0.717) is 19.3 Å². The second-order valence-corrected chi connectivity index (χ2v) is 9.37. The van der Waals surface area contributed by atoms with E-state index in [2.05, 4.69) is 12.7 Å². The van der Waals surface area contributed by atoms with E-state index in [1.807, 2.05) is 24.1 Å². The molecule has 2 aromatic rings. The maximum absolute atomic E-state index is 14.3. The highest BCUT2D eigenvalue weighted by Gasteiger charge is 2.74. The molecule has 1 saturated heterocycles. The van der Waals surface area contributed by atoms with Gasteiger partial charge in [0, 0.05) is 30.4 Å². The topological polar surface area (TPSA) is 53.1 Å². The van der Waals surface area contributed by atoms with Gasteiger partial charge in [0.05, 0.1) is 6.42 Å². The van der Waals surface area contributed by atoms with Gasteiger partial charge in [-0.15, -0.1) is 0 Å². The molecule has 4 nitrogen and oxygen atoms in total. The smallest absolute Gasteiger partial charge is 0.307 e. The zero-order valence-electron chi connectivity index (χ0n) is 19.1. The molecule has 5 rings (SSSR count). The highest BCUT2D eigenvalue weighted by atomic mass is 19.1. The molecule has 1 aliphatic heterocycles. The fourth-order valence-electron chi connectivity index (χ4n) is 5.77. The molecule has 2 atom stereocenters. The van der Waals surface area contributed by atoms with Crippen molar-refractivity contribution in [2.45, 2.75) is 49.7 Å². The number of epoxide rings is 1. The second-order valence-electron chi connectivity index (χ2n) is 9.37. The fraction of sp³-hybridized carbons (Fsp3) is 0.321. The average Bonchev–Trinajstić information content (AvgIpc) is 3.34. The lowest BCUT2D eigenvalue weighted by Gasteiger charge is -2.29. The molecule has 34 heavy (non-hydrogen) atoms. The molecular weight excluding hydrogens is 436 g/mol. The number of carbonyl (C=O) groups is 1. The predicted molar refractivity (Wildman–Crippen MR) is 127 cm³/mol. The Morgan fingerprint density at radius 1 is 1.24 bits per heavy atom. The van der Waals surface area contributed by atoms with Gasteiger partial charge in [-0.05, 0) is 78.8 Å². The van der Waals surface area contributed by atoms with Gasteiger partial charge in [-0.1, -0.05) is 24.8 Å². The molecule has 2 fully saturated rings. The lowest BCUT2D eigenvalue weighted by Crippen LogP contribution is -2.28. The van der Waals surface area contributed by atoms with Crippen LogP contribution in [0.25, 0.3) is 0 Å². The number of nitrogens with zero attached hydrogens (tertiary/aromatic N) is 1. The predicted octanol–water partition coefficient (Wildman–Crippen LogP) is 5.73. The van der Waals surface area contributed by atoms with Gasteiger partial charge >= 0.3 is 5.97 Å².